The van der Waals surface area contributed by atoms with Crippen molar-refractivity contribution in [3.8, 4) is 5.75 Å². The van der Waals surface area contributed by atoms with Crippen molar-refractivity contribution in [1.29, 1.82) is 0 Å². The molecule has 1 aromatic heterocycles. The molecule has 0 amide bonds. The summed E-state index contributed by atoms with van der Waals surface area (Å²) in [4.78, 5) is 4.07. The average molecular weight is 249 g/mol. The second kappa shape index (κ2) is 6.13. The second-order valence-electron chi connectivity index (χ2n) is 3.75. The van der Waals surface area contributed by atoms with Crippen LogP contribution in [0.1, 0.15) is 17.8 Å². The topological polar surface area (TPSA) is 94.4 Å². The SMILES string of the molecule is NC(CO)c1noc(CCOc2ccccc2)n1. The summed E-state index contributed by atoms with van der Waals surface area (Å²) in [7, 11) is 0. The maximum Gasteiger partial charge on any atom is 0.230 e. The minimum Gasteiger partial charge on any atom is -0.493 e. The lowest BCUT2D eigenvalue weighted by Gasteiger charge is -2.03. The molecular weight excluding hydrogens is 234 g/mol. The predicted octanol–water partition coefficient (Wildman–Crippen LogP) is 0.683. The highest BCUT2D eigenvalue weighted by atomic mass is 16.5. The largest absolute Gasteiger partial charge is 0.493 e. The summed E-state index contributed by atoms with van der Waals surface area (Å²) in [6, 6.07) is 8.88. The Bertz CT molecular complexity index is 472. The molecule has 2 rings (SSSR count). The molecule has 0 bridgehead atoms. The minimum absolute atomic E-state index is 0.209. The molecule has 1 atom stereocenters. The number of nitrogens with two attached hydrogens (primary N) is 1. The van der Waals surface area contributed by atoms with Crippen molar-refractivity contribution in [2.75, 3.05) is 13.2 Å². The van der Waals surface area contributed by atoms with Crippen molar-refractivity contribution < 1.29 is 14.4 Å². The van der Waals surface area contributed by atoms with Crippen LogP contribution in [0.15, 0.2) is 34.9 Å². The molecule has 0 saturated heterocycles. The molecule has 0 aliphatic heterocycles. The summed E-state index contributed by atoms with van der Waals surface area (Å²) in [5.41, 5.74) is 5.56. The van der Waals surface area contributed by atoms with Crippen molar-refractivity contribution in [1.82, 2.24) is 10.1 Å². The first-order valence-corrected chi connectivity index (χ1v) is 5.66. The molecule has 1 unspecified atom stereocenters. The van der Waals surface area contributed by atoms with Crippen LogP contribution in [-0.2, 0) is 6.42 Å². The molecule has 0 radical (unpaired) electrons. The number of hydrogen-bond donors (Lipinski definition) is 2. The fourth-order valence-corrected chi connectivity index (χ4v) is 1.37. The summed E-state index contributed by atoms with van der Waals surface area (Å²) >= 11 is 0. The molecule has 0 saturated carbocycles. The molecule has 6 nitrogen and oxygen atoms in total. The summed E-state index contributed by atoms with van der Waals surface area (Å²) in [6.07, 6.45) is 0.500. The Hall–Kier alpha value is -1.92. The molecular formula is C12H15N3O3. The van der Waals surface area contributed by atoms with Gasteiger partial charge in [-0.05, 0) is 12.1 Å². The van der Waals surface area contributed by atoms with Crippen molar-refractivity contribution in [3.63, 3.8) is 0 Å². The number of nitrogens with zero attached hydrogens (tertiary/aromatic N) is 2. The van der Waals surface area contributed by atoms with Crippen LogP contribution >= 0.6 is 0 Å². The van der Waals surface area contributed by atoms with E-state index in [0.29, 0.717) is 24.7 Å². The van der Waals surface area contributed by atoms with Gasteiger partial charge in [-0.25, -0.2) is 0 Å². The zero-order valence-corrected chi connectivity index (χ0v) is 9.82. The molecule has 0 aliphatic carbocycles. The van der Waals surface area contributed by atoms with Gasteiger partial charge in [0.25, 0.3) is 0 Å². The van der Waals surface area contributed by atoms with Crippen LogP contribution in [0, 0.1) is 0 Å². The van der Waals surface area contributed by atoms with Gasteiger partial charge in [-0.15, -0.1) is 0 Å². The standard InChI is InChI=1S/C12H15N3O3/c13-10(8-16)12-14-11(18-15-12)6-7-17-9-4-2-1-3-5-9/h1-5,10,16H,6-8,13H2. The Morgan fingerprint density at radius 2 is 2.11 bits per heavy atom. The molecule has 1 heterocycles. The van der Waals surface area contributed by atoms with Gasteiger partial charge >= 0.3 is 0 Å². The van der Waals surface area contributed by atoms with Crippen LogP contribution in [0.2, 0.25) is 0 Å². The van der Waals surface area contributed by atoms with E-state index in [4.69, 9.17) is 20.1 Å². The van der Waals surface area contributed by atoms with E-state index in [9.17, 15) is 0 Å². The zero-order valence-electron chi connectivity index (χ0n) is 9.82. The zero-order chi connectivity index (χ0) is 12.8. The molecule has 0 spiro atoms. The lowest BCUT2D eigenvalue weighted by atomic mass is 10.3. The van der Waals surface area contributed by atoms with Gasteiger partial charge in [-0.1, -0.05) is 23.4 Å². The van der Waals surface area contributed by atoms with Crippen molar-refractivity contribution in [2.24, 2.45) is 5.73 Å². The first-order valence-electron chi connectivity index (χ1n) is 5.66. The van der Waals surface area contributed by atoms with E-state index in [-0.39, 0.29) is 6.61 Å². The van der Waals surface area contributed by atoms with E-state index in [1.807, 2.05) is 30.3 Å². The Balaban J connectivity index is 1.82. The van der Waals surface area contributed by atoms with E-state index >= 15 is 0 Å². The quantitative estimate of drug-likeness (QED) is 0.782. The number of ether oxygens (including phenoxy) is 1. The number of hydrogen-bond acceptors (Lipinski definition) is 6. The van der Waals surface area contributed by atoms with Crippen molar-refractivity contribution in [2.45, 2.75) is 12.5 Å². The van der Waals surface area contributed by atoms with Gasteiger partial charge < -0.3 is 20.1 Å². The monoisotopic (exact) mass is 249 g/mol. The first-order chi connectivity index (χ1) is 8.79. The smallest absolute Gasteiger partial charge is 0.230 e. The summed E-state index contributed by atoms with van der Waals surface area (Å²) in [5, 5.41) is 12.5. The van der Waals surface area contributed by atoms with Gasteiger partial charge in [0.1, 0.15) is 5.75 Å². The maximum atomic E-state index is 8.85. The molecule has 0 aliphatic rings. The molecule has 2 aromatic rings. The Kier molecular flexibility index (Phi) is 4.27. The van der Waals surface area contributed by atoms with E-state index < -0.39 is 6.04 Å². The number of benzene rings is 1. The number of para-hydroxylation sites is 1. The van der Waals surface area contributed by atoms with Gasteiger partial charge in [0.2, 0.25) is 5.89 Å². The van der Waals surface area contributed by atoms with E-state index in [0.717, 1.165) is 5.75 Å². The van der Waals surface area contributed by atoms with Gasteiger partial charge in [0.05, 0.1) is 25.7 Å². The number of aliphatic hydroxyl groups excluding tert-OH is 1. The van der Waals surface area contributed by atoms with Gasteiger partial charge in [0, 0.05) is 0 Å². The fraction of sp³-hybridized carbons (Fsp3) is 0.333. The highest BCUT2D eigenvalue weighted by Gasteiger charge is 2.12. The Morgan fingerprint density at radius 1 is 1.33 bits per heavy atom. The van der Waals surface area contributed by atoms with Gasteiger partial charge in [-0.3, -0.25) is 0 Å². The van der Waals surface area contributed by atoms with Crippen LogP contribution in [0.5, 0.6) is 5.75 Å². The number of rotatable bonds is 6. The van der Waals surface area contributed by atoms with Crippen LogP contribution in [-0.4, -0.2) is 28.5 Å². The van der Waals surface area contributed by atoms with Crippen molar-refractivity contribution >= 4 is 0 Å². The van der Waals surface area contributed by atoms with Gasteiger partial charge in [-0.2, -0.15) is 4.98 Å². The maximum absolute atomic E-state index is 8.85. The normalized spacial score (nSPS) is 12.3. The van der Waals surface area contributed by atoms with E-state index in [1.165, 1.54) is 0 Å². The van der Waals surface area contributed by atoms with Crippen molar-refractivity contribution in [3.05, 3.63) is 42.0 Å². The molecule has 1 aromatic carbocycles. The Morgan fingerprint density at radius 3 is 2.83 bits per heavy atom. The number of aromatic nitrogens is 2. The van der Waals surface area contributed by atoms with Crippen LogP contribution in [0.25, 0.3) is 0 Å². The predicted molar refractivity (Wildman–Crippen MR) is 64.0 cm³/mol. The third-order valence-electron chi connectivity index (χ3n) is 2.34. The first kappa shape index (κ1) is 12.5. The highest BCUT2D eigenvalue weighted by molar-refractivity contribution is 5.20. The molecule has 96 valence electrons. The van der Waals surface area contributed by atoms with Crippen LogP contribution in [0.4, 0.5) is 0 Å². The second-order valence-corrected chi connectivity index (χ2v) is 3.75. The third kappa shape index (κ3) is 3.28. The van der Waals surface area contributed by atoms with Gasteiger partial charge in [0.15, 0.2) is 5.82 Å². The third-order valence-corrected chi connectivity index (χ3v) is 2.34. The lowest BCUT2D eigenvalue weighted by molar-refractivity contribution is 0.258. The van der Waals surface area contributed by atoms with E-state index in [2.05, 4.69) is 10.1 Å². The molecule has 0 fully saturated rings. The van der Waals surface area contributed by atoms with Crippen LogP contribution < -0.4 is 10.5 Å². The summed E-state index contributed by atoms with van der Waals surface area (Å²) in [5.74, 6) is 1.56. The average Bonchev–Trinajstić information content (AvgIpc) is 2.88. The minimum atomic E-state index is -0.599. The molecule has 18 heavy (non-hydrogen) atoms. The van der Waals surface area contributed by atoms with E-state index in [1.54, 1.807) is 0 Å². The fourth-order valence-electron chi connectivity index (χ4n) is 1.37. The summed E-state index contributed by atoms with van der Waals surface area (Å²) in [6.45, 7) is 0.236. The highest BCUT2D eigenvalue weighted by Crippen LogP contribution is 2.10. The molecule has 3 N–H and O–H groups in total. The Labute approximate surface area is 104 Å². The number of aliphatic hydroxyl groups is 1. The molecule has 6 heteroatoms. The van der Waals surface area contributed by atoms with Crippen LogP contribution in [0.3, 0.4) is 0 Å². The lowest BCUT2D eigenvalue weighted by Crippen LogP contribution is -2.16. The summed E-state index contributed by atoms with van der Waals surface area (Å²) < 4.78 is 10.5.